The number of likely N-dealkylation sites (N-methyl/N-ethyl adjacent to an activating group) is 1. The molecule has 0 aliphatic heterocycles. The zero-order valence-electron chi connectivity index (χ0n) is 11.0. The Balaban J connectivity index is 2.22. The van der Waals surface area contributed by atoms with Gasteiger partial charge >= 0.3 is 5.91 Å². The maximum absolute atomic E-state index is 11.9. The summed E-state index contributed by atoms with van der Waals surface area (Å²) >= 11 is 0. The molecular weight excluding hydrogens is 252 g/mol. The van der Waals surface area contributed by atoms with Gasteiger partial charge in [0.2, 0.25) is 0 Å². The van der Waals surface area contributed by atoms with E-state index >= 15 is 0 Å². The second-order valence-electron chi connectivity index (χ2n) is 4.52. The van der Waals surface area contributed by atoms with Crippen LogP contribution in [-0.2, 0) is 4.79 Å². The standard InChI is InChI=1S/C16H12N2O2/c1-17-10-15(19)18(2)13-8-5-7-12-11-6-3-4-9-14(11)20-16(12)13/h3-9H,10H2,2H3. The SMILES string of the molecule is [C-]#[N+]CC(=O)N(C)c1cccc2c1oc1ccccc12. The van der Waals surface area contributed by atoms with Crippen LogP contribution in [0.4, 0.5) is 5.69 Å². The molecule has 3 aromatic rings. The van der Waals surface area contributed by atoms with Gasteiger partial charge in [0, 0.05) is 17.8 Å². The molecule has 0 saturated carbocycles. The lowest BCUT2D eigenvalue weighted by Crippen LogP contribution is -2.27. The van der Waals surface area contributed by atoms with Crippen LogP contribution in [0.2, 0.25) is 0 Å². The van der Waals surface area contributed by atoms with E-state index in [1.807, 2.05) is 42.5 Å². The fraction of sp³-hybridized carbons (Fsp3) is 0.125. The maximum Gasteiger partial charge on any atom is 0.306 e. The number of anilines is 1. The first-order chi connectivity index (χ1) is 9.72. The molecule has 0 unspecified atom stereocenters. The number of benzene rings is 2. The van der Waals surface area contributed by atoms with Gasteiger partial charge in [-0.25, -0.2) is 6.57 Å². The highest BCUT2D eigenvalue weighted by atomic mass is 16.3. The van der Waals surface area contributed by atoms with Crippen molar-refractivity contribution >= 4 is 33.5 Å². The first kappa shape index (κ1) is 12.2. The summed E-state index contributed by atoms with van der Waals surface area (Å²) in [4.78, 5) is 16.5. The molecule has 0 fully saturated rings. The maximum atomic E-state index is 11.9. The number of nitrogens with zero attached hydrogens (tertiary/aromatic N) is 2. The van der Waals surface area contributed by atoms with Gasteiger partial charge in [0.05, 0.1) is 5.69 Å². The van der Waals surface area contributed by atoms with E-state index in [2.05, 4.69) is 4.85 Å². The van der Waals surface area contributed by atoms with Gasteiger partial charge in [-0.3, -0.25) is 4.79 Å². The molecule has 0 radical (unpaired) electrons. The van der Waals surface area contributed by atoms with Crippen LogP contribution in [0.15, 0.2) is 46.9 Å². The van der Waals surface area contributed by atoms with Gasteiger partial charge < -0.3 is 14.2 Å². The van der Waals surface area contributed by atoms with E-state index in [1.54, 1.807) is 7.05 Å². The lowest BCUT2D eigenvalue weighted by molar-refractivity contribution is -0.116. The predicted octanol–water partition coefficient (Wildman–Crippen LogP) is 3.47. The second kappa shape index (κ2) is 4.71. The molecule has 1 amide bonds. The summed E-state index contributed by atoms with van der Waals surface area (Å²) in [5, 5.41) is 2.00. The molecule has 1 heterocycles. The number of hydrogen-bond acceptors (Lipinski definition) is 2. The predicted molar refractivity (Wildman–Crippen MR) is 78.6 cm³/mol. The van der Waals surface area contributed by atoms with E-state index in [9.17, 15) is 4.79 Å². The Morgan fingerprint density at radius 1 is 1.20 bits per heavy atom. The van der Waals surface area contributed by atoms with Gasteiger partial charge in [-0.15, -0.1) is 0 Å². The number of para-hydroxylation sites is 2. The highest BCUT2D eigenvalue weighted by molar-refractivity contribution is 6.11. The molecule has 1 aromatic heterocycles. The highest BCUT2D eigenvalue weighted by Crippen LogP contribution is 2.34. The number of hydrogen-bond donors (Lipinski definition) is 0. The van der Waals surface area contributed by atoms with E-state index in [1.165, 1.54) is 4.90 Å². The number of carbonyl (C=O) groups is 1. The largest absolute Gasteiger partial charge is 0.454 e. The van der Waals surface area contributed by atoms with Crippen LogP contribution in [-0.4, -0.2) is 19.5 Å². The topological polar surface area (TPSA) is 37.8 Å². The molecule has 0 atom stereocenters. The zero-order chi connectivity index (χ0) is 14.1. The lowest BCUT2D eigenvalue weighted by Gasteiger charge is -2.14. The lowest BCUT2D eigenvalue weighted by atomic mass is 10.1. The Kier molecular flexibility index (Phi) is 2.88. The molecule has 4 heteroatoms. The minimum atomic E-state index is -0.243. The van der Waals surface area contributed by atoms with E-state index in [4.69, 9.17) is 11.0 Å². The van der Waals surface area contributed by atoms with Crippen LogP contribution in [0.1, 0.15) is 0 Å². The normalized spacial score (nSPS) is 10.6. The average molecular weight is 264 g/mol. The van der Waals surface area contributed by atoms with Crippen LogP contribution < -0.4 is 4.90 Å². The van der Waals surface area contributed by atoms with Crippen molar-refractivity contribution in [3.63, 3.8) is 0 Å². The average Bonchev–Trinajstić information content (AvgIpc) is 2.85. The van der Waals surface area contributed by atoms with Gasteiger partial charge in [-0.2, -0.15) is 0 Å². The third-order valence-corrected chi connectivity index (χ3v) is 3.33. The molecule has 4 nitrogen and oxygen atoms in total. The highest BCUT2D eigenvalue weighted by Gasteiger charge is 2.18. The summed E-state index contributed by atoms with van der Waals surface area (Å²) in [6.07, 6.45) is 0. The Morgan fingerprint density at radius 3 is 2.75 bits per heavy atom. The van der Waals surface area contributed by atoms with Crippen LogP contribution in [0.5, 0.6) is 0 Å². The van der Waals surface area contributed by atoms with Gasteiger partial charge in [-0.1, -0.05) is 30.3 Å². The Labute approximate surface area is 116 Å². The molecule has 98 valence electrons. The Hall–Kier alpha value is -2.80. The molecule has 0 aliphatic rings. The first-order valence-corrected chi connectivity index (χ1v) is 6.22. The van der Waals surface area contributed by atoms with Crippen molar-refractivity contribution in [2.45, 2.75) is 0 Å². The van der Waals surface area contributed by atoms with Gasteiger partial charge in [0.1, 0.15) is 5.58 Å². The molecule has 0 N–H and O–H groups in total. The molecule has 0 aliphatic carbocycles. The number of rotatable bonds is 2. The second-order valence-corrected chi connectivity index (χ2v) is 4.52. The minimum Gasteiger partial charge on any atom is -0.454 e. The van der Waals surface area contributed by atoms with E-state index < -0.39 is 0 Å². The molecule has 0 saturated heterocycles. The van der Waals surface area contributed by atoms with Crippen LogP contribution in [0.3, 0.4) is 0 Å². The number of fused-ring (bicyclic) bond motifs is 3. The molecule has 20 heavy (non-hydrogen) atoms. The van der Waals surface area contributed by atoms with Crippen molar-refractivity contribution in [2.75, 3.05) is 18.5 Å². The molecule has 3 rings (SSSR count). The zero-order valence-corrected chi connectivity index (χ0v) is 11.0. The van der Waals surface area contributed by atoms with Gasteiger partial charge in [0.15, 0.2) is 5.58 Å². The quantitative estimate of drug-likeness (QED) is 0.665. The smallest absolute Gasteiger partial charge is 0.306 e. The first-order valence-electron chi connectivity index (χ1n) is 6.22. The summed E-state index contributed by atoms with van der Waals surface area (Å²) in [7, 11) is 1.66. The van der Waals surface area contributed by atoms with E-state index in [-0.39, 0.29) is 12.5 Å². The molecular formula is C16H12N2O2. The number of amides is 1. The monoisotopic (exact) mass is 264 g/mol. The van der Waals surface area contributed by atoms with E-state index in [0.29, 0.717) is 11.3 Å². The van der Waals surface area contributed by atoms with Crippen molar-refractivity contribution < 1.29 is 9.21 Å². The molecule has 0 bridgehead atoms. The third-order valence-electron chi connectivity index (χ3n) is 3.33. The van der Waals surface area contributed by atoms with Crippen molar-refractivity contribution in [2.24, 2.45) is 0 Å². The number of carbonyl (C=O) groups excluding carboxylic acids is 1. The van der Waals surface area contributed by atoms with Crippen LogP contribution in [0, 0.1) is 6.57 Å². The summed E-state index contributed by atoms with van der Waals surface area (Å²) < 4.78 is 5.86. The number of furan rings is 1. The summed E-state index contributed by atoms with van der Waals surface area (Å²) in [5.74, 6) is -0.243. The van der Waals surface area contributed by atoms with E-state index in [0.717, 1.165) is 16.4 Å². The third kappa shape index (κ3) is 1.81. The fourth-order valence-electron chi connectivity index (χ4n) is 2.30. The minimum absolute atomic E-state index is 0.160. The molecule has 0 spiro atoms. The Bertz CT molecular complexity index is 842. The molecule has 2 aromatic carbocycles. The van der Waals surface area contributed by atoms with Crippen molar-refractivity contribution in [3.05, 3.63) is 53.9 Å². The van der Waals surface area contributed by atoms with Crippen LogP contribution >= 0.6 is 0 Å². The summed E-state index contributed by atoms with van der Waals surface area (Å²) in [6, 6.07) is 13.5. The summed E-state index contributed by atoms with van der Waals surface area (Å²) in [5.41, 5.74) is 2.16. The van der Waals surface area contributed by atoms with Crippen molar-refractivity contribution in [1.82, 2.24) is 0 Å². The van der Waals surface area contributed by atoms with Crippen molar-refractivity contribution in [1.29, 1.82) is 0 Å². The van der Waals surface area contributed by atoms with Gasteiger partial charge in [-0.05, 0) is 12.1 Å². The van der Waals surface area contributed by atoms with Crippen LogP contribution in [0.25, 0.3) is 26.8 Å². The summed E-state index contributed by atoms with van der Waals surface area (Å²) in [6.45, 7) is 6.63. The Morgan fingerprint density at radius 2 is 1.95 bits per heavy atom. The van der Waals surface area contributed by atoms with Crippen molar-refractivity contribution in [3.8, 4) is 0 Å². The van der Waals surface area contributed by atoms with Gasteiger partial charge in [0.25, 0.3) is 6.54 Å². The fourth-order valence-corrected chi connectivity index (χ4v) is 2.30.